The maximum atomic E-state index is 12.6. The zero-order chi connectivity index (χ0) is 23.1. The van der Waals surface area contributed by atoms with Crippen molar-refractivity contribution in [1.29, 1.82) is 0 Å². The van der Waals surface area contributed by atoms with Gasteiger partial charge in [-0.25, -0.2) is 4.79 Å². The van der Waals surface area contributed by atoms with Crippen molar-refractivity contribution in [3.05, 3.63) is 59.7 Å². The van der Waals surface area contributed by atoms with Crippen LogP contribution in [-0.2, 0) is 16.1 Å². The minimum absolute atomic E-state index is 0.0132. The third-order valence-corrected chi connectivity index (χ3v) is 4.93. The number of esters is 1. The van der Waals surface area contributed by atoms with Crippen molar-refractivity contribution >= 4 is 23.6 Å². The standard InChI is InChI=1S/C22H27N5O5/c1-15-7-9-16(10-8-15)14-27-20(25-24-17-5-4-6-18(13-17)31-2)23-21(29)26(22(27)30)12-11-19(28)32-3/h4-10,13,22,24,30H,11-12,14H2,1-3H3,(H,23,25,29). The highest BCUT2D eigenvalue weighted by molar-refractivity contribution is 5.98. The number of methoxy groups -OCH3 is 2. The van der Waals surface area contributed by atoms with Crippen molar-refractivity contribution in [2.24, 2.45) is 5.10 Å². The van der Waals surface area contributed by atoms with Crippen molar-refractivity contribution in [2.45, 2.75) is 26.2 Å². The van der Waals surface area contributed by atoms with Gasteiger partial charge in [0.15, 0.2) is 0 Å². The molecule has 2 aromatic rings. The highest BCUT2D eigenvalue weighted by Gasteiger charge is 2.36. The summed E-state index contributed by atoms with van der Waals surface area (Å²) in [5.41, 5.74) is 5.54. The molecule has 1 aliphatic heterocycles. The van der Waals surface area contributed by atoms with E-state index >= 15 is 0 Å². The molecule has 10 nitrogen and oxygen atoms in total. The number of hydrazone groups is 1. The number of nitrogens with zero attached hydrogens (tertiary/aromatic N) is 3. The largest absolute Gasteiger partial charge is 0.497 e. The van der Waals surface area contributed by atoms with Gasteiger partial charge in [-0.2, -0.15) is 0 Å². The fourth-order valence-corrected chi connectivity index (χ4v) is 3.10. The second-order valence-corrected chi connectivity index (χ2v) is 7.19. The Bertz CT molecular complexity index is 979. The topological polar surface area (TPSA) is 116 Å². The maximum Gasteiger partial charge on any atom is 0.327 e. The normalized spacial score (nSPS) is 17.2. The van der Waals surface area contributed by atoms with Gasteiger partial charge < -0.3 is 14.6 Å². The number of ether oxygens (including phenoxy) is 2. The maximum absolute atomic E-state index is 12.6. The van der Waals surface area contributed by atoms with Crippen molar-refractivity contribution in [1.82, 2.24) is 15.1 Å². The summed E-state index contributed by atoms with van der Waals surface area (Å²) in [5, 5.41) is 17.9. The third-order valence-electron chi connectivity index (χ3n) is 4.93. The van der Waals surface area contributed by atoms with E-state index in [9.17, 15) is 14.7 Å². The smallest absolute Gasteiger partial charge is 0.327 e. The van der Waals surface area contributed by atoms with Gasteiger partial charge in [0.1, 0.15) is 5.75 Å². The summed E-state index contributed by atoms with van der Waals surface area (Å²) in [6, 6.07) is 14.4. The van der Waals surface area contributed by atoms with Gasteiger partial charge in [-0.05, 0) is 24.6 Å². The number of carbonyl (C=O) groups is 2. The summed E-state index contributed by atoms with van der Waals surface area (Å²) < 4.78 is 9.84. The Morgan fingerprint density at radius 2 is 1.94 bits per heavy atom. The second kappa shape index (κ2) is 10.5. The zero-order valence-corrected chi connectivity index (χ0v) is 18.2. The molecular formula is C22H27N5O5. The van der Waals surface area contributed by atoms with Crippen LogP contribution >= 0.6 is 0 Å². The minimum Gasteiger partial charge on any atom is -0.497 e. The molecule has 1 heterocycles. The van der Waals surface area contributed by atoms with Gasteiger partial charge in [-0.3, -0.25) is 25.3 Å². The number of carbonyl (C=O) groups excluding carboxylic acids is 2. The molecule has 0 aliphatic carbocycles. The fraction of sp³-hybridized carbons (Fsp3) is 0.318. The van der Waals surface area contributed by atoms with Gasteiger partial charge in [0.05, 0.1) is 32.9 Å². The quantitative estimate of drug-likeness (QED) is 0.424. The van der Waals surface area contributed by atoms with E-state index in [1.807, 2.05) is 31.2 Å². The number of guanidine groups is 1. The first-order chi connectivity index (χ1) is 15.4. The van der Waals surface area contributed by atoms with Crippen LogP contribution in [0.25, 0.3) is 0 Å². The van der Waals surface area contributed by atoms with Gasteiger partial charge in [0.25, 0.3) is 0 Å². The third kappa shape index (κ3) is 5.67. The molecule has 0 spiro atoms. The molecule has 2 amide bonds. The molecule has 1 fully saturated rings. The highest BCUT2D eigenvalue weighted by Crippen LogP contribution is 2.19. The van der Waals surface area contributed by atoms with E-state index in [1.54, 1.807) is 31.4 Å². The van der Waals surface area contributed by atoms with Crippen LogP contribution in [0.5, 0.6) is 5.75 Å². The Hall–Kier alpha value is -3.79. The molecule has 32 heavy (non-hydrogen) atoms. The second-order valence-electron chi connectivity index (χ2n) is 7.19. The van der Waals surface area contributed by atoms with Gasteiger partial charge in [-0.15, -0.1) is 5.10 Å². The van der Waals surface area contributed by atoms with E-state index in [4.69, 9.17) is 4.74 Å². The minimum atomic E-state index is -1.33. The van der Waals surface area contributed by atoms with Gasteiger partial charge in [-0.1, -0.05) is 35.9 Å². The van der Waals surface area contributed by atoms with E-state index in [-0.39, 0.29) is 25.5 Å². The summed E-state index contributed by atoms with van der Waals surface area (Å²) in [7, 11) is 2.84. The molecular weight excluding hydrogens is 414 g/mol. The molecule has 10 heteroatoms. The lowest BCUT2D eigenvalue weighted by atomic mass is 10.1. The highest BCUT2D eigenvalue weighted by atomic mass is 16.5. The van der Waals surface area contributed by atoms with Crippen LogP contribution in [0.4, 0.5) is 10.5 Å². The molecule has 0 saturated carbocycles. The predicted molar refractivity (Wildman–Crippen MR) is 119 cm³/mol. The summed E-state index contributed by atoms with van der Waals surface area (Å²) in [5.74, 6) is 0.308. The van der Waals surface area contributed by atoms with Gasteiger partial charge in [0.2, 0.25) is 12.3 Å². The number of anilines is 1. The van der Waals surface area contributed by atoms with E-state index in [2.05, 4.69) is 20.6 Å². The molecule has 3 rings (SSSR count). The predicted octanol–water partition coefficient (Wildman–Crippen LogP) is 2.05. The molecule has 1 aliphatic rings. The zero-order valence-electron chi connectivity index (χ0n) is 18.2. The molecule has 0 bridgehead atoms. The Kier molecular flexibility index (Phi) is 7.50. The summed E-state index contributed by atoms with van der Waals surface area (Å²) in [4.78, 5) is 26.8. The number of amides is 2. The van der Waals surface area contributed by atoms with E-state index in [0.717, 1.165) is 16.0 Å². The number of benzene rings is 2. The fourth-order valence-electron chi connectivity index (χ4n) is 3.10. The molecule has 1 unspecified atom stereocenters. The van der Waals surface area contributed by atoms with Crippen molar-refractivity contribution in [3.63, 3.8) is 0 Å². The lowest BCUT2D eigenvalue weighted by Crippen LogP contribution is -2.65. The van der Waals surface area contributed by atoms with Gasteiger partial charge >= 0.3 is 12.0 Å². The lowest BCUT2D eigenvalue weighted by molar-refractivity contribution is -0.142. The number of aliphatic hydroxyl groups is 1. The number of urea groups is 1. The SMILES string of the molecule is COC(=O)CCN1C(=O)N/C(=N\Nc2cccc(OC)c2)N(Cc2ccc(C)cc2)C1O. The van der Waals surface area contributed by atoms with Crippen LogP contribution < -0.4 is 15.5 Å². The van der Waals surface area contributed by atoms with Crippen LogP contribution in [0.2, 0.25) is 0 Å². The van der Waals surface area contributed by atoms with Crippen LogP contribution in [0.3, 0.4) is 0 Å². The first kappa shape index (κ1) is 22.9. The first-order valence-corrected chi connectivity index (χ1v) is 10.0. The molecule has 2 aromatic carbocycles. The summed E-state index contributed by atoms with van der Waals surface area (Å²) in [6.07, 6.45) is -1.38. The molecule has 170 valence electrons. The molecule has 0 aromatic heterocycles. The number of aliphatic hydroxyl groups excluding tert-OH is 1. The first-order valence-electron chi connectivity index (χ1n) is 10.0. The van der Waals surface area contributed by atoms with Crippen molar-refractivity contribution in [3.8, 4) is 5.75 Å². The van der Waals surface area contributed by atoms with E-state index in [0.29, 0.717) is 11.4 Å². The molecule has 3 N–H and O–H groups in total. The van der Waals surface area contributed by atoms with Crippen LogP contribution in [0, 0.1) is 6.92 Å². The molecule has 0 radical (unpaired) electrons. The average Bonchev–Trinajstić information content (AvgIpc) is 2.80. The monoisotopic (exact) mass is 441 g/mol. The number of rotatable bonds is 8. The Morgan fingerprint density at radius 3 is 2.62 bits per heavy atom. The Morgan fingerprint density at radius 1 is 1.19 bits per heavy atom. The van der Waals surface area contributed by atoms with Crippen molar-refractivity contribution in [2.75, 3.05) is 26.2 Å². The number of hydrogen-bond acceptors (Lipinski definition) is 7. The number of nitrogens with one attached hydrogen (secondary N) is 2. The average molecular weight is 441 g/mol. The van der Waals surface area contributed by atoms with E-state index in [1.165, 1.54) is 12.0 Å². The van der Waals surface area contributed by atoms with Crippen LogP contribution in [-0.4, -0.2) is 60.0 Å². The Balaban J connectivity index is 1.84. The molecule has 1 atom stereocenters. The lowest BCUT2D eigenvalue weighted by Gasteiger charge is -2.41. The van der Waals surface area contributed by atoms with Crippen LogP contribution in [0.15, 0.2) is 53.6 Å². The number of hydrogen-bond donors (Lipinski definition) is 3. The van der Waals surface area contributed by atoms with E-state index < -0.39 is 18.4 Å². The van der Waals surface area contributed by atoms with Gasteiger partial charge in [0, 0.05) is 12.6 Å². The number of aryl methyl sites for hydroxylation is 1. The van der Waals surface area contributed by atoms with Crippen molar-refractivity contribution < 1.29 is 24.2 Å². The summed E-state index contributed by atoms with van der Waals surface area (Å²) >= 11 is 0. The Labute approximate surface area is 186 Å². The van der Waals surface area contributed by atoms with Crippen LogP contribution in [0.1, 0.15) is 17.5 Å². The molecule has 1 saturated heterocycles. The summed E-state index contributed by atoms with van der Waals surface area (Å²) in [6.45, 7) is 2.25.